The Hall–Kier alpha value is -3.91. The maximum absolute atomic E-state index is 12.6. The predicted molar refractivity (Wildman–Crippen MR) is 112 cm³/mol. The maximum atomic E-state index is 12.6. The van der Waals surface area contributed by atoms with E-state index in [2.05, 4.69) is 10.6 Å². The number of nitro benzene ring substituents is 1. The van der Waals surface area contributed by atoms with E-state index in [1.54, 1.807) is 37.3 Å². The number of benzene rings is 3. The number of fused-ring (bicyclic) bond motifs is 2. The Balaban J connectivity index is 1.59. The summed E-state index contributed by atoms with van der Waals surface area (Å²) in [5.41, 5.74) is 1.62. The quantitative estimate of drug-likeness (QED) is 0.446. The van der Waals surface area contributed by atoms with Gasteiger partial charge in [-0.25, -0.2) is 0 Å². The molecule has 3 aromatic carbocycles. The van der Waals surface area contributed by atoms with E-state index in [0.29, 0.717) is 33.5 Å². The Morgan fingerprint density at radius 1 is 1.10 bits per heavy atom. The van der Waals surface area contributed by atoms with Crippen LogP contribution in [0.2, 0.25) is 5.02 Å². The minimum absolute atomic E-state index is 0.0647. The molecule has 0 atom stereocenters. The fourth-order valence-corrected chi connectivity index (χ4v) is 3.25. The lowest BCUT2D eigenvalue weighted by Crippen LogP contribution is -2.14. The molecule has 0 saturated carbocycles. The molecule has 3 aromatic rings. The number of aryl methyl sites for hydroxylation is 1. The zero-order valence-corrected chi connectivity index (χ0v) is 16.3. The van der Waals surface area contributed by atoms with Crippen LogP contribution >= 0.6 is 11.6 Å². The number of carbonyl (C=O) groups is 2. The van der Waals surface area contributed by atoms with Gasteiger partial charge in [0.15, 0.2) is 5.75 Å². The first-order valence-corrected chi connectivity index (χ1v) is 9.19. The fraction of sp³-hybridized carbons (Fsp3) is 0.0476. The van der Waals surface area contributed by atoms with Crippen LogP contribution in [-0.2, 0) is 0 Å². The van der Waals surface area contributed by atoms with Gasteiger partial charge in [-0.1, -0.05) is 11.6 Å². The van der Waals surface area contributed by atoms with E-state index in [4.69, 9.17) is 16.3 Å². The number of hydrogen-bond donors (Lipinski definition) is 2. The fourth-order valence-electron chi connectivity index (χ4n) is 3.08. The van der Waals surface area contributed by atoms with Crippen molar-refractivity contribution in [3.05, 3.63) is 86.4 Å². The van der Waals surface area contributed by atoms with Crippen LogP contribution in [-0.4, -0.2) is 16.7 Å². The Morgan fingerprint density at radius 2 is 1.87 bits per heavy atom. The van der Waals surface area contributed by atoms with Crippen LogP contribution in [0.15, 0.2) is 54.6 Å². The van der Waals surface area contributed by atoms with Crippen molar-refractivity contribution in [3.8, 4) is 11.5 Å². The molecule has 1 aliphatic heterocycles. The van der Waals surface area contributed by atoms with E-state index in [0.717, 1.165) is 0 Å². The molecule has 30 heavy (non-hydrogen) atoms. The molecule has 1 aliphatic rings. The number of amides is 2. The summed E-state index contributed by atoms with van der Waals surface area (Å²) in [6, 6.07) is 13.7. The smallest absolute Gasteiger partial charge is 0.272 e. The van der Waals surface area contributed by atoms with Crippen LogP contribution in [0.3, 0.4) is 0 Å². The molecule has 0 aliphatic carbocycles. The number of nitro groups is 1. The molecule has 0 saturated heterocycles. The van der Waals surface area contributed by atoms with Crippen molar-refractivity contribution in [2.24, 2.45) is 0 Å². The highest BCUT2D eigenvalue weighted by Crippen LogP contribution is 2.38. The van der Waals surface area contributed by atoms with E-state index in [1.807, 2.05) is 0 Å². The molecule has 4 rings (SSSR count). The van der Waals surface area contributed by atoms with Gasteiger partial charge in [0.25, 0.3) is 17.5 Å². The van der Waals surface area contributed by atoms with Gasteiger partial charge >= 0.3 is 0 Å². The first-order valence-electron chi connectivity index (χ1n) is 8.81. The molecule has 0 spiro atoms. The zero-order valence-electron chi connectivity index (χ0n) is 15.6. The summed E-state index contributed by atoms with van der Waals surface area (Å²) in [6.45, 7) is 1.56. The largest absolute Gasteiger partial charge is 0.454 e. The summed E-state index contributed by atoms with van der Waals surface area (Å²) in [4.78, 5) is 35.6. The number of rotatable bonds is 3. The molecule has 8 nitrogen and oxygen atoms in total. The van der Waals surface area contributed by atoms with Crippen LogP contribution in [0.1, 0.15) is 26.3 Å². The van der Waals surface area contributed by atoms with Gasteiger partial charge in [0, 0.05) is 27.9 Å². The second kappa shape index (κ2) is 7.49. The van der Waals surface area contributed by atoms with Crippen molar-refractivity contribution in [3.63, 3.8) is 0 Å². The first kappa shape index (κ1) is 19.4. The molecule has 0 fully saturated rings. The molecule has 9 heteroatoms. The van der Waals surface area contributed by atoms with Gasteiger partial charge in [0.1, 0.15) is 5.75 Å². The zero-order chi connectivity index (χ0) is 21.4. The van der Waals surface area contributed by atoms with Crippen molar-refractivity contribution in [1.29, 1.82) is 0 Å². The Labute approximate surface area is 175 Å². The highest BCUT2D eigenvalue weighted by molar-refractivity contribution is 6.31. The molecule has 0 bridgehead atoms. The van der Waals surface area contributed by atoms with E-state index in [9.17, 15) is 19.7 Å². The van der Waals surface area contributed by atoms with Crippen molar-refractivity contribution >= 4 is 40.5 Å². The van der Waals surface area contributed by atoms with Crippen molar-refractivity contribution in [2.75, 3.05) is 10.6 Å². The minimum Gasteiger partial charge on any atom is -0.454 e. The topological polar surface area (TPSA) is 111 Å². The molecule has 150 valence electrons. The van der Waals surface area contributed by atoms with Crippen LogP contribution in [0.5, 0.6) is 11.5 Å². The van der Waals surface area contributed by atoms with Gasteiger partial charge in [-0.15, -0.1) is 0 Å². The van der Waals surface area contributed by atoms with E-state index < -0.39 is 16.7 Å². The molecular formula is C21H14ClN3O5. The van der Waals surface area contributed by atoms with Crippen molar-refractivity contribution < 1.29 is 19.2 Å². The van der Waals surface area contributed by atoms with Crippen molar-refractivity contribution in [2.45, 2.75) is 6.92 Å². The maximum Gasteiger partial charge on any atom is 0.272 e. The van der Waals surface area contributed by atoms with Crippen LogP contribution in [0.25, 0.3) is 0 Å². The summed E-state index contributed by atoms with van der Waals surface area (Å²) in [7, 11) is 0. The third-order valence-corrected chi connectivity index (χ3v) is 4.78. The molecule has 1 heterocycles. The third-order valence-electron chi connectivity index (χ3n) is 4.55. The Bertz CT molecular complexity index is 1230. The summed E-state index contributed by atoms with van der Waals surface area (Å²) < 4.78 is 5.81. The number of hydrogen-bond acceptors (Lipinski definition) is 5. The van der Waals surface area contributed by atoms with Crippen LogP contribution < -0.4 is 15.4 Å². The number of nitrogens with zero attached hydrogens (tertiary/aromatic N) is 1. The Morgan fingerprint density at radius 3 is 2.60 bits per heavy atom. The lowest BCUT2D eigenvalue weighted by atomic mass is 10.1. The number of carbonyl (C=O) groups excluding carboxylic acids is 2. The number of anilines is 2. The molecule has 0 unspecified atom stereocenters. The molecule has 2 N–H and O–H groups in total. The van der Waals surface area contributed by atoms with Crippen molar-refractivity contribution in [1.82, 2.24) is 0 Å². The minimum atomic E-state index is -0.507. The lowest BCUT2D eigenvalue weighted by molar-refractivity contribution is -0.385. The second-order valence-electron chi connectivity index (χ2n) is 6.62. The number of ether oxygens (including phenoxy) is 1. The molecular weight excluding hydrogens is 410 g/mol. The second-order valence-corrected chi connectivity index (χ2v) is 7.06. The average Bonchev–Trinajstić information content (AvgIpc) is 2.83. The molecule has 2 amide bonds. The molecule has 0 aromatic heterocycles. The number of halogens is 1. The summed E-state index contributed by atoms with van der Waals surface area (Å²) in [6.07, 6.45) is 0. The van der Waals surface area contributed by atoms with Gasteiger partial charge < -0.3 is 15.4 Å². The van der Waals surface area contributed by atoms with Gasteiger partial charge in [-0.2, -0.15) is 0 Å². The van der Waals surface area contributed by atoms with Gasteiger partial charge in [-0.05, 0) is 55.5 Å². The summed E-state index contributed by atoms with van der Waals surface area (Å²) in [5, 5.41) is 16.8. The molecule has 0 radical (unpaired) electrons. The SMILES string of the molecule is Cc1cc(C(=O)Nc2ccc3c(c2)C(=O)Nc2cc(Cl)ccc2O3)ccc1[N+](=O)[O-]. The van der Waals surface area contributed by atoms with Gasteiger partial charge in [-0.3, -0.25) is 19.7 Å². The normalized spacial score (nSPS) is 12.0. The lowest BCUT2D eigenvalue weighted by Gasteiger charge is -2.10. The van der Waals surface area contributed by atoms with Gasteiger partial charge in [0.2, 0.25) is 0 Å². The number of nitrogens with one attached hydrogen (secondary N) is 2. The van der Waals surface area contributed by atoms with Gasteiger partial charge in [0.05, 0.1) is 16.2 Å². The highest BCUT2D eigenvalue weighted by atomic mass is 35.5. The summed E-state index contributed by atoms with van der Waals surface area (Å²) in [5.74, 6) is -0.0892. The van der Waals surface area contributed by atoms with E-state index in [-0.39, 0.29) is 16.8 Å². The monoisotopic (exact) mass is 423 g/mol. The van der Waals surface area contributed by atoms with E-state index >= 15 is 0 Å². The average molecular weight is 424 g/mol. The first-order chi connectivity index (χ1) is 14.3. The Kier molecular flexibility index (Phi) is 4.85. The predicted octanol–water partition coefficient (Wildman–Crippen LogP) is 5.17. The highest BCUT2D eigenvalue weighted by Gasteiger charge is 2.22. The third kappa shape index (κ3) is 3.68. The van der Waals surface area contributed by atoms with Crippen LogP contribution in [0, 0.1) is 17.0 Å². The van der Waals surface area contributed by atoms with E-state index in [1.165, 1.54) is 24.3 Å². The summed E-state index contributed by atoms with van der Waals surface area (Å²) >= 11 is 5.98. The standard InChI is InChI=1S/C21H14ClN3O5/c1-11-8-12(2-5-17(11)25(28)29)20(26)23-14-4-7-18-15(10-14)21(27)24-16-9-13(22)3-6-19(16)30-18/h2-10H,1H3,(H,23,26)(H,24,27). The van der Waals surface area contributed by atoms with Crippen LogP contribution in [0.4, 0.5) is 17.1 Å².